The highest BCUT2D eigenvalue weighted by molar-refractivity contribution is 5.81. The van der Waals surface area contributed by atoms with Gasteiger partial charge >= 0.3 is 18.0 Å². The Morgan fingerprint density at radius 1 is 0.893 bits per heavy atom. The number of esters is 2. The number of hydrogen-bond donors (Lipinski definition) is 2. The van der Waals surface area contributed by atoms with Crippen molar-refractivity contribution in [3.8, 4) is 0 Å². The fraction of sp³-hybridized carbons (Fsp3) is 0.850. The summed E-state index contributed by atoms with van der Waals surface area (Å²) in [7, 11) is 0. The third-order valence-electron chi connectivity index (χ3n) is 3.52. The summed E-state index contributed by atoms with van der Waals surface area (Å²) in [4.78, 5) is 36.8. The first-order valence-corrected chi connectivity index (χ1v) is 9.79. The van der Waals surface area contributed by atoms with Crippen LogP contribution in [0.5, 0.6) is 0 Å². The van der Waals surface area contributed by atoms with E-state index in [1.165, 1.54) is 0 Å². The fourth-order valence-corrected chi connectivity index (χ4v) is 2.42. The summed E-state index contributed by atoms with van der Waals surface area (Å²) in [5, 5.41) is 11.6. The van der Waals surface area contributed by atoms with Gasteiger partial charge in [0.1, 0.15) is 17.2 Å². The van der Waals surface area contributed by atoms with Crippen LogP contribution in [0.1, 0.15) is 74.1 Å². The predicted octanol–water partition coefficient (Wildman–Crippen LogP) is 2.95. The zero-order valence-corrected chi connectivity index (χ0v) is 18.3. The van der Waals surface area contributed by atoms with E-state index in [9.17, 15) is 14.4 Å². The van der Waals surface area contributed by atoms with Gasteiger partial charge in [-0.05, 0) is 74.1 Å². The van der Waals surface area contributed by atoms with Crippen molar-refractivity contribution in [3.63, 3.8) is 0 Å². The molecule has 0 aromatic rings. The van der Waals surface area contributed by atoms with Gasteiger partial charge in [0, 0.05) is 6.61 Å². The van der Waals surface area contributed by atoms with Crippen molar-refractivity contribution < 1.29 is 33.7 Å². The number of hydrogen-bond acceptors (Lipinski definition) is 7. The van der Waals surface area contributed by atoms with Gasteiger partial charge in [-0.1, -0.05) is 0 Å². The van der Waals surface area contributed by atoms with Gasteiger partial charge in [0.2, 0.25) is 0 Å². The predicted molar refractivity (Wildman–Crippen MR) is 105 cm³/mol. The van der Waals surface area contributed by atoms with E-state index in [2.05, 4.69) is 5.32 Å². The fourth-order valence-electron chi connectivity index (χ4n) is 2.42. The summed E-state index contributed by atoms with van der Waals surface area (Å²) in [5.41, 5.74) is -1.43. The first-order valence-electron chi connectivity index (χ1n) is 9.79. The van der Waals surface area contributed by atoms with E-state index >= 15 is 0 Å². The van der Waals surface area contributed by atoms with Crippen LogP contribution in [0.4, 0.5) is 4.79 Å². The molecule has 0 bridgehead atoms. The number of ether oxygens (including phenoxy) is 3. The molecule has 0 spiro atoms. The minimum atomic E-state index is -0.958. The smallest absolute Gasteiger partial charge is 0.408 e. The zero-order valence-electron chi connectivity index (χ0n) is 18.3. The van der Waals surface area contributed by atoms with Gasteiger partial charge in [-0.15, -0.1) is 0 Å². The van der Waals surface area contributed by atoms with Crippen molar-refractivity contribution in [2.45, 2.75) is 91.4 Å². The second-order valence-corrected chi connectivity index (χ2v) is 8.62. The SMILES string of the molecule is CCOC(=O)C(CCCO)CC[C@H](NC(=O)OC(C)(C)C)C(=O)OC(C)(C)C. The van der Waals surface area contributed by atoms with Gasteiger partial charge < -0.3 is 24.6 Å². The van der Waals surface area contributed by atoms with Crippen molar-refractivity contribution in [1.29, 1.82) is 0 Å². The Kier molecular flexibility index (Phi) is 11.1. The van der Waals surface area contributed by atoms with E-state index in [1.807, 2.05) is 0 Å². The third kappa shape index (κ3) is 12.5. The van der Waals surface area contributed by atoms with Crippen LogP contribution in [0, 0.1) is 5.92 Å². The normalized spacial score (nSPS) is 14.0. The quantitative estimate of drug-likeness (QED) is 0.426. The van der Waals surface area contributed by atoms with Crippen LogP contribution in [-0.2, 0) is 23.8 Å². The molecule has 2 atom stereocenters. The molecule has 8 nitrogen and oxygen atoms in total. The lowest BCUT2D eigenvalue weighted by molar-refractivity contribution is -0.158. The zero-order chi connectivity index (χ0) is 22.0. The molecule has 28 heavy (non-hydrogen) atoms. The number of aliphatic hydroxyl groups excluding tert-OH is 1. The minimum Gasteiger partial charge on any atom is -0.466 e. The van der Waals surface area contributed by atoms with Crippen LogP contribution >= 0.6 is 0 Å². The van der Waals surface area contributed by atoms with Crippen molar-refractivity contribution in [1.82, 2.24) is 5.32 Å². The average molecular weight is 404 g/mol. The van der Waals surface area contributed by atoms with Gasteiger partial charge in [0.05, 0.1) is 12.5 Å². The summed E-state index contributed by atoms with van der Waals surface area (Å²) in [6.07, 6.45) is 0.635. The molecule has 0 aliphatic carbocycles. The van der Waals surface area contributed by atoms with E-state index in [0.29, 0.717) is 19.3 Å². The van der Waals surface area contributed by atoms with Gasteiger partial charge in [-0.2, -0.15) is 0 Å². The van der Waals surface area contributed by atoms with E-state index in [4.69, 9.17) is 19.3 Å². The number of aliphatic hydroxyl groups is 1. The monoisotopic (exact) mass is 403 g/mol. The lowest BCUT2D eigenvalue weighted by atomic mass is 9.95. The molecular formula is C20H37NO7. The molecule has 0 radical (unpaired) electrons. The second-order valence-electron chi connectivity index (χ2n) is 8.62. The maximum absolute atomic E-state index is 12.5. The van der Waals surface area contributed by atoms with E-state index in [0.717, 1.165) is 0 Å². The average Bonchev–Trinajstić information content (AvgIpc) is 2.50. The second kappa shape index (κ2) is 11.9. The van der Waals surface area contributed by atoms with E-state index < -0.39 is 35.2 Å². The Morgan fingerprint density at radius 3 is 1.93 bits per heavy atom. The Labute approximate surface area is 168 Å². The molecule has 0 saturated heterocycles. The molecule has 164 valence electrons. The summed E-state index contributed by atoms with van der Waals surface area (Å²) in [6, 6.07) is -0.958. The Hall–Kier alpha value is -1.83. The Balaban J connectivity index is 5.17. The molecule has 1 amide bonds. The van der Waals surface area contributed by atoms with Crippen molar-refractivity contribution in [3.05, 3.63) is 0 Å². The first kappa shape index (κ1) is 26.2. The van der Waals surface area contributed by atoms with Crippen LogP contribution in [0.25, 0.3) is 0 Å². The van der Waals surface area contributed by atoms with Crippen LogP contribution < -0.4 is 5.32 Å². The first-order chi connectivity index (χ1) is 12.8. The number of carbonyl (C=O) groups excluding carboxylic acids is 3. The molecule has 0 aromatic heterocycles. The van der Waals surface area contributed by atoms with Gasteiger partial charge in [-0.25, -0.2) is 9.59 Å². The summed E-state index contributed by atoms with van der Waals surface area (Å²) in [5.74, 6) is -1.45. The Morgan fingerprint density at radius 2 is 1.46 bits per heavy atom. The van der Waals surface area contributed by atoms with Crippen LogP contribution in [-0.4, -0.2) is 53.6 Å². The highest BCUT2D eigenvalue weighted by Gasteiger charge is 2.30. The molecule has 0 aliphatic rings. The number of rotatable bonds is 10. The largest absolute Gasteiger partial charge is 0.466 e. The lowest BCUT2D eigenvalue weighted by Gasteiger charge is -2.27. The minimum absolute atomic E-state index is 0.0401. The molecule has 2 N–H and O–H groups in total. The lowest BCUT2D eigenvalue weighted by Crippen LogP contribution is -2.46. The highest BCUT2D eigenvalue weighted by atomic mass is 16.6. The van der Waals surface area contributed by atoms with Gasteiger partial charge in [0.25, 0.3) is 0 Å². The number of amides is 1. The van der Waals surface area contributed by atoms with E-state index in [1.54, 1.807) is 48.5 Å². The number of alkyl carbamates (subject to hydrolysis) is 1. The highest BCUT2D eigenvalue weighted by Crippen LogP contribution is 2.19. The van der Waals surface area contributed by atoms with Gasteiger partial charge in [0.15, 0.2) is 0 Å². The Bertz CT molecular complexity index is 506. The maximum atomic E-state index is 12.5. The molecule has 0 aromatic carbocycles. The van der Waals surface area contributed by atoms with Crippen molar-refractivity contribution in [2.24, 2.45) is 5.92 Å². The molecular weight excluding hydrogens is 366 g/mol. The number of carbonyl (C=O) groups is 3. The molecule has 8 heteroatoms. The molecule has 1 unspecified atom stereocenters. The van der Waals surface area contributed by atoms with Crippen LogP contribution in [0.15, 0.2) is 0 Å². The molecule has 0 saturated carbocycles. The molecule has 0 rings (SSSR count). The van der Waals surface area contributed by atoms with Crippen LogP contribution in [0.3, 0.4) is 0 Å². The maximum Gasteiger partial charge on any atom is 0.408 e. The third-order valence-corrected chi connectivity index (χ3v) is 3.52. The molecule has 0 heterocycles. The molecule has 0 aliphatic heterocycles. The number of nitrogens with one attached hydrogen (secondary N) is 1. The molecule has 0 fully saturated rings. The summed E-state index contributed by atoms with van der Waals surface area (Å²) in [6.45, 7) is 12.3. The van der Waals surface area contributed by atoms with Crippen LogP contribution in [0.2, 0.25) is 0 Å². The summed E-state index contributed by atoms with van der Waals surface area (Å²) < 4.78 is 15.7. The van der Waals surface area contributed by atoms with Gasteiger partial charge in [-0.3, -0.25) is 4.79 Å². The van der Waals surface area contributed by atoms with Crippen molar-refractivity contribution >= 4 is 18.0 Å². The topological polar surface area (TPSA) is 111 Å². The van der Waals surface area contributed by atoms with E-state index in [-0.39, 0.29) is 25.6 Å². The standard InChI is InChI=1S/C20H37NO7/c1-8-26-16(23)14(10-9-13-22)11-12-15(17(24)27-19(2,3)4)21-18(25)28-20(5,6)7/h14-15,22H,8-13H2,1-7H3,(H,21,25)/t14?,15-/m0/s1. The van der Waals surface area contributed by atoms with Crippen molar-refractivity contribution in [2.75, 3.05) is 13.2 Å². The summed E-state index contributed by atoms with van der Waals surface area (Å²) >= 11 is 0.